The molecule has 1 rings (SSSR count). The largest absolute Gasteiger partial charge is 0.481 e. The maximum absolute atomic E-state index is 12.8. The molecule has 6 nitrogen and oxygen atoms in total. The van der Waals surface area contributed by atoms with Crippen LogP contribution < -0.4 is 0 Å². The first kappa shape index (κ1) is 18.8. The van der Waals surface area contributed by atoms with E-state index in [9.17, 15) is 19.2 Å². The number of hydrogen-bond acceptors (Lipinski definition) is 5. The molecular formula is C17H22O6. The van der Waals surface area contributed by atoms with Crippen LogP contribution in [-0.4, -0.2) is 35.7 Å². The van der Waals surface area contributed by atoms with E-state index in [2.05, 4.69) is 4.74 Å². The summed E-state index contributed by atoms with van der Waals surface area (Å²) in [7, 11) is 1.25. The fraction of sp³-hybridized carbons (Fsp3) is 0.529. The summed E-state index contributed by atoms with van der Waals surface area (Å²) >= 11 is 0. The van der Waals surface area contributed by atoms with E-state index in [0.29, 0.717) is 5.57 Å². The smallest absolute Gasteiger partial charge is 0.305 e. The molecule has 6 heteroatoms. The van der Waals surface area contributed by atoms with Crippen LogP contribution in [0, 0.1) is 5.41 Å². The number of aliphatic carboxylic acids is 1. The highest BCUT2D eigenvalue weighted by Crippen LogP contribution is 2.39. The van der Waals surface area contributed by atoms with Gasteiger partial charge in [-0.2, -0.15) is 0 Å². The minimum Gasteiger partial charge on any atom is -0.481 e. The summed E-state index contributed by atoms with van der Waals surface area (Å²) in [5.74, 6) is -2.14. The zero-order valence-electron chi connectivity index (χ0n) is 14.1. The molecule has 0 saturated carbocycles. The van der Waals surface area contributed by atoms with E-state index in [1.807, 2.05) is 0 Å². The van der Waals surface area contributed by atoms with Crippen LogP contribution in [0.25, 0.3) is 0 Å². The van der Waals surface area contributed by atoms with Crippen molar-refractivity contribution in [1.29, 1.82) is 0 Å². The van der Waals surface area contributed by atoms with Gasteiger partial charge in [-0.05, 0) is 20.3 Å². The van der Waals surface area contributed by atoms with Crippen LogP contribution in [-0.2, 0) is 23.9 Å². The topological polar surface area (TPSA) is 97.7 Å². The third kappa shape index (κ3) is 3.94. The summed E-state index contributed by atoms with van der Waals surface area (Å²) in [6.07, 6.45) is -0.168. The Hall–Kier alpha value is -2.24. The van der Waals surface area contributed by atoms with Gasteiger partial charge in [0.25, 0.3) is 0 Å². The van der Waals surface area contributed by atoms with Crippen LogP contribution in [0.2, 0.25) is 0 Å². The number of allylic oxidation sites excluding steroid dienone is 4. The van der Waals surface area contributed by atoms with Crippen molar-refractivity contribution in [1.82, 2.24) is 0 Å². The molecule has 0 fully saturated rings. The highest BCUT2D eigenvalue weighted by Gasteiger charge is 2.39. The number of carboxylic acid groups (broad SMARTS) is 1. The minimum atomic E-state index is -1.04. The van der Waals surface area contributed by atoms with Crippen LogP contribution in [0.3, 0.4) is 0 Å². The van der Waals surface area contributed by atoms with Crippen LogP contribution >= 0.6 is 0 Å². The Labute approximate surface area is 135 Å². The van der Waals surface area contributed by atoms with Gasteiger partial charge in [-0.15, -0.1) is 0 Å². The third-order valence-electron chi connectivity index (χ3n) is 4.09. The third-order valence-corrected chi connectivity index (χ3v) is 4.09. The van der Waals surface area contributed by atoms with Crippen molar-refractivity contribution in [3.63, 3.8) is 0 Å². The predicted octanol–water partition coefficient (Wildman–Crippen LogP) is 2.23. The number of rotatable bonds is 6. The van der Waals surface area contributed by atoms with Crippen molar-refractivity contribution in [3.05, 3.63) is 22.3 Å². The van der Waals surface area contributed by atoms with Gasteiger partial charge in [0.2, 0.25) is 0 Å². The number of ether oxygens (including phenoxy) is 1. The van der Waals surface area contributed by atoms with Crippen LogP contribution in [0.4, 0.5) is 0 Å². The van der Waals surface area contributed by atoms with Crippen molar-refractivity contribution >= 4 is 23.5 Å². The highest BCUT2D eigenvalue weighted by molar-refractivity contribution is 6.25. The lowest BCUT2D eigenvalue weighted by molar-refractivity contribution is -0.140. The van der Waals surface area contributed by atoms with Gasteiger partial charge < -0.3 is 9.84 Å². The normalized spacial score (nSPS) is 16.0. The van der Waals surface area contributed by atoms with Crippen molar-refractivity contribution in [2.75, 3.05) is 7.11 Å². The first-order chi connectivity index (χ1) is 10.5. The SMILES string of the molecule is COC(=O)CCC1=C(C)C(=O)C(C)=C(C(C)(C)CC(=O)O)C1=O. The average molecular weight is 322 g/mol. The summed E-state index contributed by atoms with van der Waals surface area (Å²) in [6.45, 7) is 6.35. The summed E-state index contributed by atoms with van der Waals surface area (Å²) in [6, 6.07) is 0. The number of Topliss-reactive ketones (excluding diaryl/α,β-unsaturated/α-hetero) is 2. The lowest BCUT2D eigenvalue weighted by Gasteiger charge is -2.31. The Bertz CT molecular complexity index is 633. The van der Waals surface area contributed by atoms with Gasteiger partial charge in [0.05, 0.1) is 13.5 Å². The molecule has 23 heavy (non-hydrogen) atoms. The van der Waals surface area contributed by atoms with Crippen LogP contribution in [0.15, 0.2) is 22.3 Å². The van der Waals surface area contributed by atoms with E-state index in [1.165, 1.54) is 7.11 Å². The van der Waals surface area contributed by atoms with Gasteiger partial charge in [-0.25, -0.2) is 0 Å². The number of esters is 1. The first-order valence-corrected chi connectivity index (χ1v) is 7.32. The van der Waals surface area contributed by atoms with Crippen molar-refractivity contribution < 1.29 is 29.0 Å². The molecule has 0 aliphatic heterocycles. The van der Waals surface area contributed by atoms with Crippen molar-refractivity contribution in [3.8, 4) is 0 Å². The summed E-state index contributed by atoms with van der Waals surface area (Å²) in [4.78, 5) is 47.6. The second-order valence-electron chi connectivity index (χ2n) is 6.29. The van der Waals surface area contributed by atoms with E-state index in [4.69, 9.17) is 5.11 Å². The minimum absolute atomic E-state index is 0.00607. The molecule has 0 atom stereocenters. The van der Waals surface area contributed by atoms with Crippen LogP contribution in [0.1, 0.15) is 47.0 Å². The summed E-state index contributed by atoms with van der Waals surface area (Å²) in [5, 5.41) is 9.05. The molecule has 0 spiro atoms. The molecular weight excluding hydrogens is 300 g/mol. The van der Waals surface area contributed by atoms with Crippen molar-refractivity contribution in [2.45, 2.75) is 47.0 Å². The van der Waals surface area contributed by atoms with Gasteiger partial charge in [-0.1, -0.05) is 13.8 Å². The first-order valence-electron chi connectivity index (χ1n) is 7.32. The molecule has 0 aromatic carbocycles. The average Bonchev–Trinajstić information content (AvgIpc) is 2.42. The zero-order valence-corrected chi connectivity index (χ0v) is 14.1. The summed E-state index contributed by atoms with van der Waals surface area (Å²) < 4.78 is 4.56. The number of carboxylic acids is 1. The maximum atomic E-state index is 12.8. The van der Waals surface area contributed by atoms with E-state index < -0.39 is 17.4 Å². The zero-order chi connectivity index (χ0) is 17.9. The molecule has 0 heterocycles. The van der Waals surface area contributed by atoms with Gasteiger partial charge in [0.15, 0.2) is 11.6 Å². The highest BCUT2D eigenvalue weighted by atomic mass is 16.5. The van der Waals surface area contributed by atoms with Gasteiger partial charge >= 0.3 is 11.9 Å². The number of carbonyl (C=O) groups excluding carboxylic acids is 3. The molecule has 0 aromatic heterocycles. The quantitative estimate of drug-likeness (QED) is 0.595. The molecule has 0 bridgehead atoms. The second-order valence-corrected chi connectivity index (χ2v) is 6.29. The molecule has 0 unspecified atom stereocenters. The van der Waals surface area contributed by atoms with Gasteiger partial charge in [0, 0.05) is 34.1 Å². The van der Waals surface area contributed by atoms with E-state index >= 15 is 0 Å². The molecule has 1 N–H and O–H groups in total. The lowest BCUT2D eigenvalue weighted by atomic mass is 9.70. The molecule has 1 aliphatic rings. The van der Waals surface area contributed by atoms with Gasteiger partial charge in [-0.3, -0.25) is 19.2 Å². The second kappa shape index (κ2) is 6.89. The fourth-order valence-corrected chi connectivity index (χ4v) is 2.93. The van der Waals surface area contributed by atoms with E-state index in [0.717, 1.165) is 0 Å². The number of hydrogen-bond donors (Lipinski definition) is 1. The summed E-state index contributed by atoms with van der Waals surface area (Å²) in [5.41, 5.74) is 0.0987. The molecule has 0 radical (unpaired) electrons. The Balaban J connectivity index is 3.24. The predicted molar refractivity (Wildman–Crippen MR) is 82.7 cm³/mol. The molecule has 0 saturated heterocycles. The Morgan fingerprint density at radius 3 is 2.13 bits per heavy atom. The van der Waals surface area contributed by atoms with Crippen molar-refractivity contribution in [2.24, 2.45) is 5.41 Å². The Morgan fingerprint density at radius 2 is 1.65 bits per heavy atom. The van der Waals surface area contributed by atoms with E-state index in [1.54, 1.807) is 27.7 Å². The maximum Gasteiger partial charge on any atom is 0.305 e. The number of ketones is 2. The molecule has 1 aliphatic carbocycles. The molecule has 0 aromatic rings. The standard InChI is InChI=1S/C17H22O6/c1-9-11(6-7-13(20)23-5)16(22)14(10(2)15(9)21)17(3,4)8-12(18)19/h6-8H2,1-5H3,(H,18,19). The Kier molecular flexibility index (Phi) is 5.64. The fourth-order valence-electron chi connectivity index (χ4n) is 2.93. The lowest BCUT2D eigenvalue weighted by Crippen LogP contribution is -2.32. The van der Waals surface area contributed by atoms with E-state index in [-0.39, 0.29) is 47.5 Å². The number of carbonyl (C=O) groups is 4. The van der Waals surface area contributed by atoms with Gasteiger partial charge in [0.1, 0.15) is 0 Å². The molecule has 0 amide bonds. The van der Waals surface area contributed by atoms with Crippen LogP contribution in [0.5, 0.6) is 0 Å². The molecule has 126 valence electrons. The Morgan fingerprint density at radius 1 is 1.09 bits per heavy atom. The number of methoxy groups -OCH3 is 1. The monoisotopic (exact) mass is 322 g/mol.